The van der Waals surface area contributed by atoms with Gasteiger partial charge >= 0.3 is 0 Å². The molecule has 6 nitrogen and oxygen atoms in total. The van der Waals surface area contributed by atoms with E-state index in [9.17, 15) is 0 Å². The predicted molar refractivity (Wildman–Crippen MR) is 121 cm³/mol. The first-order valence-electron chi connectivity index (χ1n) is 10.2. The predicted octanol–water partition coefficient (Wildman–Crippen LogP) is 4.64. The number of nitrogens with zero attached hydrogens (tertiary/aromatic N) is 2. The summed E-state index contributed by atoms with van der Waals surface area (Å²) >= 11 is 0. The fraction of sp³-hybridized carbons (Fsp3) is 0.208. The zero-order valence-corrected chi connectivity index (χ0v) is 16.9. The van der Waals surface area contributed by atoms with E-state index in [1.807, 2.05) is 61.5 Å². The molecule has 0 radical (unpaired) electrons. The van der Waals surface area contributed by atoms with E-state index in [1.54, 1.807) is 11.1 Å². The molecule has 2 aromatic carbocycles. The quantitative estimate of drug-likeness (QED) is 0.374. The van der Waals surface area contributed by atoms with Crippen LogP contribution in [0, 0.1) is 17.7 Å². The number of fused-ring (bicyclic) bond motifs is 2. The summed E-state index contributed by atoms with van der Waals surface area (Å²) in [5, 5.41) is 21.2. The van der Waals surface area contributed by atoms with Gasteiger partial charge in [0, 0.05) is 22.9 Å². The summed E-state index contributed by atoms with van der Waals surface area (Å²) in [4.78, 5) is 6.11. The number of hydrogen-bond acceptors (Lipinski definition) is 5. The molecular formula is C24H24N6. The molecule has 1 aliphatic carbocycles. The molecule has 5 rings (SSSR count). The molecule has 5 N–H and O–H groups in total. The van der Waals surface area contributed by atoms with Gasteiger partial charge in [-0.2, -0.15) is 0 Å². The molecule has 1 aliphatic heterocycles. The van der Waals surface area contributed by atoms with Crippen LogP contribution in [0.15, 0.2) is 60.8 Å². The minimum absolute atomic E-state index is 0.229. The average Bonchev–Trinajstić information content (AvgIpc) is 2.86. The Morgan fingerprint density at radius 3 is 2.60 bits per heavy atom. The van der Waals surface area contributed by atoms with Gasteiger partial charge in [-0.1, -0.05) is 35.9 Å². The Kier molecular flexibility index (Phi) is 4.18. The Bertz CT molecular complexity index is 1160. The molecule has 0 atom stereocenters. The number of anilines is 3. The molecule has 0 saturated heterocycles. The number of pyridine rings is 1. The van der Waals surface area contributed by atoms with Crippen molar-refractivity contribution in [3.8, 4) is 0 Å². The first-order chi connectivity index (χ1) is 14.5. The fourth-order valence-corrected chi connectivity index (χ4v) is 4.17. The Morgan fingerprint density at radius 1 is 1.13 bits per heavy atom. The second kappa shape index (κ2) is 6.78. The third-order valence-corrected chi connectivity index (χ3v) is 6.14. The van der Waals surface area contributed by atoms with Gasteiger partial charge in [0.2, 0.25) is 0 Å². The summed E-state index contributed by atoms with van der Waals surface area (Å²) in [6.07, 6.45) is 4.88. The molecule has 6 heteroatoms. The molecule has 150 valence electrons. The molecule has 1 aromatic heterocycles. The van der Waals surface area contributed by atoms with Crippen LogP contribution in [0.2, 0.25) is 0 Å². The van der Waals surface area contributed by atoms with Gasteiger partial charge in [-0.15, -0.1) is 0 Å². The molecule has 3 aromatic rings. The highest BCUT2D eigenvalue weighted by molar-refractivity contribution is 6.30. The third-order valence-electron chi connectivity index (χ3n) is 6.14. The van der Waals surface area contributed by atoms with Gasteiger partial charge in [-0.25, -0.2) is 4.98 Å². The van der Waals surface area contributed by atoms with Crippen molar-refractivity contribution in [1.29, 1.82) is 10.8 Å². The smallest absolute Gasteiger partial charge is 0.154 e. The minimum atomic E-state index is -0.229. The monoisotopic (exact) mass is 396 g/mol. The highest BCUT2D eigenvalue weighted by atomic mass is 15.2. The van der Waals surface area contributed by atoms with Crippen LogP contribution in [-0.2, 0) is 5.54 Å². The largest absolute Gasteiger partial charge is 0.338 e. The van der Waals surface area contributed by atoms with E-state index >= 15 is 0 Å². The van der Waals surface area contributed by atoms with Gasteiger partial charge in [-0.3, -0.25) is 15.7 Å². The fourth-order valence-electron chi connectivity index (χ4n) is 4.17. The van der Waals surface area contributed by atoms with Crippen molar-refractivity contribution >= 4 is 28.9 Å². The summed E-state index contributed by atoms with van der Waals surface area (Å²) in [6, 6.07) is 17.5. The van der Waals surface area contributed by atoms with Crippen molar-refractivity contribution < 1.29 is 0 Å². The van der Waals surface area contributed by atoms with E-state index < -0.39 is 0 Å². The molecule has 1 fully saturated rings. The maximum absolute atomic E-state index is 8.96. The van der Waals surface area contributed by atoms with E-state index in [2.05, 4.69) is 10.3 Å². The lowest BCUT2D eigenvalue weighted by atomic mass is 9.73. The summed E-state index contributed by atoms with van der Waals surface area (Å²) in [5.74, 6) is 1.11. The summed E-state index contributed by atoms with van der Waals surface area (Å²) in [6.45, 7) is 2.00. The topological polar surface area (TPSA) is 102 Å². The highest BCUT2D eigenvalue weighted by Crippen LogP contribution is 2.39. The number of hydrogen-bond donors (Lipinski definition) is 4. The molecule has 0 bridgehead atoms. The lowest BCUT2D eigenvalue weighted by Gasteiger charge is -2.38. The normalized spacial score (nSPS) is 16.6. The van der Waals surface area contributed by atoms with Crippen LogP contribution in [0.1, 0.15) is 41.5 Å². The van der Waals surface area contributed by atoms with E-state index in [4.69, 9.17) is 16.6 Å². The molecule has 1 saturated carbocycles. The van der Waals surface area contributed by atoms with Crippen molar-refractivity contribution in [2.75, 3.05) is 10.2 Å². The molecule has 30 heavy (non-hydrogen) atoms. The lowest BCUT2D eigenvalue weighted by molar-refractivity contribution is 0.253. The van der Waals surface area contributed by atoms with Crippen LogP contribution in [0.3, 0.4) is 0 Å². The second-order valence-electron chi connectivity index (χ2n) is 8.16. The van der Waals surface area contributed by atoms with Crippen LogP contribution in [0.25, 0.3) is 0 Å². The Balaban J connectivity index is 1.58. The molecular weight excluding hydrogens is 372 g/mol. The number of aromatic nitrogens is 1. The third kappa shape index (κ3) is 2.88. The number of benzene rings is 2. The Morgan fingerprint density at radius 2 is 1.90 bits per heavy atom. The Labute approximate surface area is 175 Å². The number of nitrogens with one attached hydrogen (secondary N) is 3. The van der Waals surface area contributed by atoms with E-state index in [0.29, 0.717) is 11.5 Å². The van der Waals surface area contributed by atoms with Crippen LogP contribution in [0.4, 0.5) is 17.2 Å². The van der Waals surface area contributed by atoms with Gasteiger partial charge < -0.3 is 11.1 Å². The first-order valence-corrected chi connectivity index (χ1v) is 10.2. The van der Waals surface area contributed by atoms with Gasteiger partial charge in [0.05, 0.1) is 11.4 Å². The van der Waals surface area contributed by atoms with Crippen LogP contribution >= 0.6 is 0 Å². The SMILES string of the molecule is Cc1ccc2c(c1)C(=N)N(C(=N)c1ccc(C3(N)CCC3)cc1)c1cccnc1N2. The van der Waals surface area contributed by atoms with Gasteiger partial charge in [-0.05, 0) is 56.0 Å². The second-order valence-corrected chi connectivity index (χ2v) is 8.16. The summed E-state index contributed by atoms with van der Waals surface area (Å²) in [7, 11) is 0. The molecule has 0 unspecified atom stereocenters. The highest BCUT2D eigenvalue weighted by Gasteiger charge is 2.34. The minimum Gasteiger partial charge on any atom is -0.338 e. The van der Waals surface area contributed by atoms with Gasteiger partial charge in [0.25, 0.3) is 0 Å². The number of aryl methyl sites for hydroxylation is 1. The molecule has 0 amide bonds. The van der Waals surface area contributed by atoms with E-state index in [0.717, 1.165) is 47.2 Å². The zero-order valence-electron chi connectivity index (χ0n) is 16.9. The standard InChI is InChI=1S/C24H24N6/c1-15-5-10-19-18(14-15)22(26)30(20-4-2-13-28-23(20)29-19)21(25)16-6-8-17(9-7-16)24(27)11-3-12-24/h2,4-10,13-14,25-26H,3,11-12,27H2,1H3,(H,28,29). The maximum Gasteiger partial charge on any atom is 0.154 e. The van der Waals surface area contributed by atoms with Crippen LogP contribution in [0.5, 0.6) is 0 Å². The van der Waals surface area contributed by atoms with Crippen molar-refractivity contribution in [1.82, 2.24) is 4.98 Å². The van der Waals surface area contributed by atoms with Gasteiger partial charge in [0.15, 0.2) is 5.82 Å². The molecule has 2 heterocycles. The summed E-state index contributed by atoms with van der Waals surface area (Å²) < 4.78 is 0. The van der Waals surface area contributed by atoms with Crippen molar-refractivity contribution in [2.45, 2.75) is 31.7 Å². The van der Waals surface area contributed by atoms with Crippen LogP contribution in [-0.4, -0.2) is 16.7 Å². The zero-order chi connectivity index (χ0) is 20.9. The van der Waals surface area contributed by atoms with Crippen molar-refractivity contribution in [3.63, 3.8) is 0 Å². The van der Waals surface area contributed by atoms with Gasteiger partial charge in [0.1, 0.15) is 11.7 Å². The number of amidine groups is 2. The number of rotatable bonds is 2. The Hall–Kier alpha value is -3.51. The maximum atomic E-state index is 8.96. The lowest BCUT2D eigenvalue weighted by Crippen LogP contribution is -2.43. The summed E-state index contributed by atoms with van der Waals surface area (Å²) in [5.41, 5.74) is 11.4. The van der Waals surface area contributed by atoms with E-state index in [1.165, 1.54) is 0 Å². The van der Waals surface area contributed by atoms with E-state index in [-0.39, 0.29) is 17.2 Å². The molecule has 0 spiro atoms. The number of nitrogens with two attached hydrogens (primary N) is 1. The van der Waals surface area contributed by atoms with Crippen molar-refractivity contribution in [2.24, 2.45) is 5.73 Å². The average molecular weight is 396 g/mol. The van der Waals surface area contributed by atoms with Crippen molar-refractivity contribution in [3.05, 3.63) is 83.0 Å². The van der Waals surface area contributed by atoms with Crippen LogP contribution < -0.4 is 16.0 Å². The molecule has 2 aliphatic rings. The first kappa shape index (κ1) is 18.5.